The van der Waals surface area contributed by atoms with Gasteiger partial charge in [-0.3, -0.25) is 4.79 Å². The predicted molar refractivity (Wildman–Crippen MR) is 70.4 cm³/mol. The van der Waals surface area contributed by atoms with Gasteiger partial charge in [0.25, 0.3) is 5.56 Å². The van der Waals surface area contributed by atoms with E-state index in [1.54, 1.807) is 23.1 Å². The highest BCUT2D eigenvalue weighted by Gasteiger charge is 2.31. The number of benzene rings is 1. The molecule has 7 nitrogen and oxygen atoms in total. The minimum absolute atomic E-state index is 0.0861. The van der Waals surface area contributed by atoms with Crippen molar-refractivity contribution in [2.75, 3.05) is 11.4 Å². The van der Waals surface area contributed by atoms with Gasteiger partial charge in [-0.2, -0.15) is 0 Å². The van der Waals surface area contributed by atoms with E-state index >= 15 is 0 Å². The van der Waals surface area contributed by atoms with Crippen LogP contribution in [-0.4, -0.2) is 33.7 Å². The van der Waals surface area contributed by atoms with Gasteiger partial charge in [-0.25, -0.2) is 9.78 Å². The molecule has 7 heteroatoms. The molecular weight excluding hydrogens is 262 g/mol. The molecule has 0 aliphatic carbocycles. The Bertz CT molecular complexity index is 713. The summed E-state index contributed by atoms with van der Waals surface area (Å²) in [5, 5.41) is 9.14. The van der Waals surface area contributed by atoms with Gasteiger partial charge in [0.1, 0.15) is 11.6 Å². The minimum Gasteiger partial charge on any atom is -0.478 e. The number of para-hydroxylation sites is 2. The average molecular weight is 273 g/mol. The van der Waals surface area contributed by atoms with Gasteiger partial charge < -0.3 is 19.7 Å². The zero-order chi connectivity index (χ0) is 14.1. The molecule has 1 unspecified atom stereocenters. The van der Waals surface area contributed by atoms with Crippen LogP contribution in [0.15, 0.2) is 41.5 Å². The summed E-state index contributed by atoms with van der Waals surface area (Å²) in [4.78, 5) is 30.7. The number of nitrogens with one attached hydrogen (secondary N) is 1. The van der Waals surface area contributed by atoms with E-state index < -0.39 is 12.1 Å². The van der Waals surface area contributed by atoms with Crippen molar-refractivity contribution < 1.29 is 14.6 Å². The number of fused-ring (bicyclic) bond motifs is 1. The Kier molecular flexibility index (Phi) is 2.86. The summed E-state index contributed by atoms with van der Waals surface area (Å²) in [7, 11) is 0. The second kappa shape index (κ2) is 4.69. The number of hydrogen-bond acceptors (Lipinski definition) is 5. The summed E-state index contributed by atoms with van der Waals surface area (Å²) in [5.41, 5.74) is 0.383. The highest BCUT2D eigenvalue weighted by Crippen LogP contribution is 2.36. The molecule has 1 aromatic carbocycles. The van der Waals surface area contributed by atoms with Crippen LogP contribution in [0.1, 0.15) is 0 Å². The van der Waals surface area contributed by atoms with Crippen molar-refractivity contribution in [1.82, 2.24) is 9.97 Å². The number of ether oxygens (including phenoxy) is 1. The fourth-order valence-electron chi connectivity index (χ4n) is 2.09. The maximum absolute atomic E-state index is 11.4. The molecule has 0 fully saturated rings. The van der Waals surface area contributed by atoms with Gasteiger partial charge in [0.15, 0.2) is 0 Å². The molecule has 0 radical (unpaired) electrons. The number of nitrogens with zero attached hydrogens (tertiary/aromatic N) is 2. The third-order valence-electron chi connectivity index (χ3n) is 2.99. The van der Waals surface area contributed by atoms with Crippen molar-refractivity contribution in [2.45, 2.75) is 6.10 Å². The van der Waals surface area contributed by atoms with Crippen LogP contribution in [0.5, 0.6) is 5.75 Å². The third kappa shape index (κ3) is 2.09. The number of aromatic amines is 1. The molecule has 1 aliphatic heterocycles. The second-order valence-corrected chi connectivity index (χ2v) is 4.29. The van der Waals surface area contributed by atoms with Crippen molar-refractivity contribution in [2.24, 2.45) is 0 Å². The lowest BCUT2D eigenvalue weighted by Crippen LogP contribution is -2.42. The first kappa shape index (κ1) is 12.2. The first-order valence-electron chi connectivity index (χ1n) is 5.96. The zero-order valence-electron chi connectivity index (χ0n) is 10.3. The van der Waals surface area contributed by atoms with Crippen molar-refractivity contribution in [3.8, 4) is 5.75 Å². The largest absolute Gasteiger partial charge is 0.478 e. The Morgan fingerprint density at radius 2 is 2.25 bits per heavy atom. The molecule has 102 valence electrons. The maximum Gasteiger partial charge on any atom is 0.346 e. The first-order valence-corrected chi connectivity index (χ1v) is 5.96. The van der Waals surface area contributed by atoms with E-state index in [0.29, 0.717) is 17.3 Å². The summed E-state index contributed by atoms with van der Waals surface area (Å²) < 4.78 is 5.42. The number of carbonyl (C=O) groups is 1. The topological polar surface area (TPSA) is 95.5 Å². The number of anilines is 2. The van der Waals surface area contributed by atoms with E-state index in [1.165, 1.54) is 12.4 Å². The Morgan fingerprint density at radius 1 is 1.45 bits per heavy atom. The highest BCUT2D eigenvalue weighted by molar-refractivity contribution is 5.78. The molecule has 2 N–H and O–H groups in total. The van der Waals surface area contributed by atoms with Crippen LogP contribution in [-0.2, 0) is 4.79 Å². The Balaban J connectivity index is 2.09. The molecule has 20 heavy (non-hydrogen) atoms. The second-order valence-electron chi connectivity index (χ2n) is 4.29. The van der Waals surface area contributed by atoms with Crippen LogP contribution >= 0.6 is 0 Å². The first-order chi connectivity index (χ1) is 9.65. The molecule has 2 aromatic rings. The summed E-state index contributed by atoms with van der Waals surface area (Å²) in [5.74, 6) is -0.224. The average Bonchev–Trinajstić information content (AvgIpc) is 2.46. The van der Waals surface area contributed by atoms with E-state index in [0.717, 1.165) is 0 Å². The normalized spacial score (nSPS) is 17.2. The molecule has 0 amide bonds. The summed E-state index contributed by atoms with van der Waals surface area (Å²) >= 11 is 0. The highest BCUT2D eigenvalue weighted by atomic mass is 16.5. The monoisotopic (exact) mass is 273 g/mol. The smallest absolute Gasteiger partial charge is 0.346 e. The molecule has 0 saturated heterocycles. The van der Waals surface area contributed by atoms with E-state index in [9.17, 15) is 9.59 Å². The lowest BCUT2D eigenvalue weighted by Gasteiger charge is -2.33. The molecule has 3 rings (SSSR count). The van der Waals surface area contributed by atoms with E-state index in [4.69, 9.17) is 9.84 Å². The third-order valence-corrected chi connectivity index (χ3v) is 2.99. The van der Waals surface area contributed by atoms with Crippen LogP contribution in [0.2, 0.25) is 0 Å². The number of H-pyrrole nitrogens is 1. The van der Waals surface area contributed by atoms with E-state index in [2.05, 4.69) is 9.97 Å². The predicted octanol–water partition coefficient (Wildman–Crippen LogP) is 0.754. The van der Waals surface area contributed by atoms with Gasteiger partial charge in [0.05, 0.1) is 18.6 Å². The lowest BCUT2D eigenvalue weighted by atomic mass is 10.2. The van der Waals surface area contributed by atoms with Gasteiger partial charge in [0.2, 0.25) is 6.10 Å². The van der Waals surface area contributed by atoms with Crippen molar-refractivity contribution >= 4 is 17.5 Å². The molecule has 2 heterocycles. The number of aromatic nitrogens is 2. The number of carboxylic acid groups (broad SMARTS) is 1. The number of hydrogen-bond donors (Lipinski definition) is 2. The fourth-order valence-corrected chi connectivity index (χ4v) is 2.09. The van der Waals surface area contributed by atoms with Crippen LogP contribution in [0, 0.1) is 0 Å². The molecule has 1 aromatic heterocycles. The van der Waals surface area contributed by atoms with Gasteiger partial charge >= 0.3 is 5.97 Å². The van der Waals surface area contributed by atoms with Crippen molar-refractivity contribution in [1.29, 1.82) is 0 Å². The van der Waals surface area contributed by atoms with Gasteiger partial charge in [0, 0.05) is 6.07 Å². The summed E-state index contributed by atoms with van der Waals surface area (Å²) in [6.45, 7) is 0.0861. The quantitative estimate of drug-likeness (QED) is 0.838. The van der Waals surface area contributed by atoms with Crippen LogP contribution in [0.4, 0.5) is 11.5 Å². The standard InChI is InChI=1S/C13H11N3O4/c17-12-5-11(14-7-15-12)16-6-10(13(18)19)20-9-4-2-1-3-8(9)16/h1-5,7,10H,6H2,(H,18,19)(H,14,15,17). The molecule has 0 saturated carbocycles. The molecule has 1 aliphatic rings. The number of carboxylic acids is 1. The molecule has 0 spiro atoms. The number of rotatable bonds is 2. The van der Waals surface area contributed by atoms with Crippen LogP contribution in [0.25, 0.3) is 0 Å². The Morgan fingerprint density at radius 3 is 3.00 bits per heavy atom. The molecular formula is C13H11N3O4. The minimum atomic E-state index is -1.06. The van der Waals surface area contributed by atoms with E-state index in [1.807, 2.05) is 6.07 Å². The van der Waals surface area contributed by atoms with Gasteiger partial charge in [-0.05, 0) is 12.1 Å². The maximum atomic E-state index is 11.4. The molecule has 1 atom stereocenters. The van der Waals surface area contributed by atoms with Gasteiger partial charge in [-0.1, -0.05) is 12.1 Å². The van der Waals surface area contributed by atoms with Crippen LogP contribution in [0.3, 0.4) is 0 Å². The SMILES string of the molecule is O=C(O)C1CN(c2cc(=O)[nH]cn2)c2ccccc2O1. The molecule has 0 bridgehead atoms. The van der Waals surface area contributed by atoms with Crippen molar-refractivity contribution in [3.63, 3.8) is 0 Å². The Labute approximate surface area is 113 Å². The summed E-state index contributed by atoms with van der Waals surface area (Å²) in [6.07, 6.45) is 0.275. The van der Waals surface area contributed by atoms with E-state index in [-0.39, 0.29) is 12.1 Å². The van der Waals surface area contributed by atoms with Crippen LogP contribution < -0.4 is 15.2 Å². The lowest BCUT2D eigenvalue weighted by molar-refractivity contribution is -0.144. The van der Waals surface area contributed by atoms with Gasteiger partial charge in [-0.15, -0.1) is 0 Å². The number of aliphatic carboxylic acids is 1. The Hall–Kier alpha value is -2.83. The zero-order valence-corrected chi connectivity index (χ0v) is 10.3. The van der Waals surface area contributed by atoms with Crippen molar-refractivity contribution in [3.05, 3.63) is 47.0 Å². The summed E-state index contributed by atoms with van der Waals surface area (Å²) in [6, 6.07) is 8.36. The fraction of sp³-hybridized carbons (Fsp3) is 0.154.